The molecule has 4 N–H and O–H groups in total. The zero-order valence-corrected chi connectivity index (χ0v) is 14.6. The van der Waals surface area contributed by atoms with Gasteiger partial charge >= 0.3 is 0 Å². The molecule has 8 heteroatoms. The Morgan fingerprint density at radius 1 is 1.04 bits per heavy atom. The van der Waals surface area contributed by atoms with Crippen LogP contribution in [0.5, 0.6) is 0 Å². The SMILES string of the molecule is Cc1cnc(N2CCC[C@@H](C(N)=O)C2)nc1N1CCC[C@@H](C(N)=O)C1. The van der Waals surface area contributed by atoms with E-state index < -0.39 is 0 Å². The van der Waals surface area contributed by atoms with Crippen LogP contribution in [0.15, 0.2) is 6.20 Å². The van der Waals surface area contributed by atoms with Crippen molar-refractivity contribution in [1.29, 1.82) is 0 Å². The summed E-state index contributed by atoms with van der Waals surface area (Å²) in [6.07, 6.45) is 5.26. The molecule has 0 bridgehead atoms. The first-order valence-corrected chi connectivity index (χ1v) is 8.88. The van der Waals surface area contributed by atoms with Crippen LogP contribution in [0.1, 0.15) is 31.2 Å². The number of anilines is 2. The van der Waals surface area contributed by atoms with Crippen LogP contribution in [0, 0.1) is 18.8 Å². The highest BCUT2D eigenvalue weighted by Gasteiger charge is 2.28. The fraction of sp³-hybridized carbons (Fsp3) is 0.647. The molecule has 0 saturated carbocycles. The Balaban J connectivity index is 1.80. The summed E-state index contributed by atoms with van der Waals surface area (Å²) in [5, 5.41) is 0. The number of nitrogens with two attached hydrogens (primary N) is 2. The highest BCUT2D eigenvalue weighted by atomic mass is 16.1. The van der Waals surface area contributed by atoms with Crippen LogP contribution >= 0.6 is 0 Å². The molecule has 0 unspecified atom stereocenters. The minimum atomic E-state index is -0.266. The van der Waals surface area contributed by atoms with Crippen LogP contribution in [-0.4, -0.2) is 48.0 Å². The fourth-order valence-electron chi connectivity index (χ4n) is 3.69. The highest BCUT2D eigenvalue weighted by Crippen LogP contribution is 2.27. The molecule has 0 radical (unpaired) electrons. The third kappa shape index (κ3) is 3.83. The highest BCUT2D eigenvalue weighted by molar-refractivity contribution is 5.78. The summed E-state index contributed by atoms with van der Waals surface area (Å²) in [5.41, 5.74) is 11.9. The monoisotopic (exact) mass is 346 g/mol. The van der Waals surface area contributed by atoms with E-state index in [0.29, 0.717) is 19.0 Å². The van der Waals surface area contributed by atoms with Crippen LogP contribution in [0.25, 0.3) is 0 Å². The maximum absolute atomic E-state index is 11.5. The number of aryl methyl sites for hydroxylation is 1. The first-order valence-electron chi connectivity index (χ1n) is 8.88. The molecule has 2 aliphatic rings. The third-order valence-corrected chi connectivity index (χ3v) is 5.16. The Morgan fingerprint density at radius 3 is 2.20 bits per heavy atom. The predicted molar refractivity (Wildman–Crippen MR) is 95.0 cm³/mol. The lowest BCUT2D eigenvalue weighted by molar-refractivity contribution is -0.122. The molecule has 2 fully saturated rings. The standard InChI is InChI=1S/C17H26N6O2/c1-11-8-20-17(23-7-3-5-13(10-23)15(19)25)21-16(11)22-6-2-4-12(9-22)14(18)24/h8,12-13H,2-7,9-10H2,1H3,(H2,18,24)(H2,19,25)/t12-,13-/m1/s1. The fourth-order valence-corrected chi connectivity index (χ4v) is 3.69. The second-order valence-electron chi connectivity index (χ2n) is 7.05. The van der Waals surface area contributed by atoms with Crippen molar-refractivity contribution in [2.24, 2.45) is 23.3 Å². The summed E-state index contributed by atoms with van der Waals surface area (Å²) in [5.74, 6) is 0.649. The van der Waals surface area contributed by atoms with Crippen LogP contribution in [0.2, 0.25) is 0 Å². The number of nitrogens with zero attached hydrogens (tertiary/aromatic N) is 4. The van der Waals surface area contributed by atoms with Crippen molar-refractivity contribution in [2.75, 3.05) is 36.0 Å². The van der Waals surface area contributed by atoms with Gasteiger partial charge in [-0.25, -0.2) is 4.98 Å². The first-order chi connectivity index (χ1) is 12.0. The van der Waals surface area contributed by atoms with Gasteiger partial charge in [-0.2, -0.15) is 4.98 Å². The molecule has 25 heavy (non-hydrogen) atoms. The van der Waals surface area contributed by atoms with Gasteiger partial charge in [0.25, 0.3) is 0 Å². The lowest BCUT2D eigenvalue weighted by Crippen LogP contribution is -2.43. The maximum atomic E-state index is 11.5. The molecule has 0 aliphatic carbocycles. The molecule has 2 aliphatic heterocycles. The van der Waals surface area contributed by atoms with Crippen LogP contribution in [0.3, 0.4) is 0 Å². The number of carbonyl (C=O) groups is 2. The number of hydrogen-bond donors (Lipinski definition) is 2. The van der Waals surface area contributed by atoms with Crippen molar-refractivity contribution in [1.82, 2.24) is 9.97 Å². The second kappa shape index (κ2) is 7.25. The Kier molecular flexibility index (Phi) is 5.06. The zero-order chi connectivity index (χ0) is 18.0. The van der Waals surface area contributed by atoms with Crippen LogP contribution < -0.4 is 21.3 Å². The summed E-state index contributed by atoms with van der Waals surface area (Å²) >= 11 is 0. The molecular formula is C17H26N6O2. The van der Waals surface area contributed by atoms with E-state index in [-0.39, 0.29) is 23.7 Å². The summed E-state index contributed by atoms with van der Waals surface area (Å²) in [7, 11) is 0. The Morgan fingerprint density at radius 2 is 1.60 bits per heavy atom. The van der Waals surface area contributed by atoms with Gasteiger partial charge in [-0.05, 0) is 32.6 Å². The van der Waals surface area contributed by atoms with Crippen molar-refractivity contribution in [3.63, 3.8) is 0 Å². The summed E-state index contributed by atoms with van der Waals surface area (Å²) in [6, 6.07) is 0. The molecule has 2 atom stereocenters. The minimum absolute atomic E-state index is 0.138. The minimum Gasteiger partial charge on any atom is -0.369 e. The van der Waals surface area contributed by atoms with Gasteiger partial charge in [-0.1, -0.05) is 0 Å². The van der Waals surface area contributed by atoms with Crippen LogP contribution in [-0.2, 0) is 9.59 Å². The molecule has 0 aromatic carbocycles. The molecular weight excluding hydrogens is 320 g/mol. The summed E-state index contributed by atoms with van der Waals surface area (Å²) in [4.78, 5) is 36.4. The third-order valence-electron chi connectivity index (χ3n) is 5.16. The number of hydrogen-bond acceptors (Lipinski definition) is 6. The van der Waals surface area contributed by atoms with E-state index in [0.717, 1.165) is 50.2 Å². The average molecular weight is 346 g/mol. The van der Waals surface area contributed by atoms with E-state index >= 15 is 0 Å². The molecule has 2 saturated heterocycles. The Labute approximate surface area is 147 Å². The molecule has 1 aromatic heterocycles. The van der Waals surface area contributed by atoms with Gasteiger partial charge < -0.3 is 21.3 Å². The van der Waals surface area contributed by atoms with E-state index in [2.05, 4.69) is 9.88 Å². The Hall–Kier alpha value is -2.38. The zero-order valence-electron chi connectivity index (χ0n) is 14.6. The van der Waals surface area contributed by atoms with Gasteiger partial charge in [-0.15, -0.1) is 0 Å². The number of primary amides is 2. The quantitative estimate of drug-likeness (QED) is 0.803. The summed E-state index contributed by atoms with van der Waals surface area (Å²) in [6.45, 7) is 4.79. The number of rotatable bonds is 4. The van der Waals surface area contributed by atoms with Crippen molar-refractivity contribution in [2.45, 2.75) is 32.6 Å². The van der Waals surface area contributed by atoms with Crippen LogP contribution in [0.4, 0.5) is 11.8 Å². The molecule has 3 rings (SSSR count). The van der Waals surface area contributed by atoms with Gasteiger partial charge in [0.2, 0.25) is 17.8 Å². The van der Waals surface area contributed by atoms with E-state index in [1.807, 2.05) is 11.8 Å². The van der Waals surface area contributed by atoms with Crippen molar-refractivity contribution in [3.8, 4) is 0 Å². The van der Waals surface area contributed by atoms with Gasteiger partial charge in [0.15, 0.2) is 0 Å². The maximum Gasteiger partial charge on any atom is 0.227 e. The van der Waals surface area contributed by atoms with Gasteiger partial charge in [-0.3, -0.25) is 9.59 Å². The van der Waals surface area contributed by atoms with Crippen molar-refractivity contribution >= 4 is 23.6 Å². The molecule has 3 heterocycles. The van der Waals surface area contributed by atoms with Gasteiger partial charge in [0, 0.05) is 37.9 Å². The summed E-state index contributed by atoms with van der Waals surface area (Å²) < 4.78 is 0. The normalized spacial score (nSPS) is 24.2. The number of amides is 2. The molecule has 136 valence electrons. The van der Waals surface area contributed by atoms with E-state index in [1.165, 1.54) is 0 Å². The largest absolute Gasteiger partial charge is 0.369 e. The lowest BCUT2D eigenvalue weighted by Gasteiger charge is -2.35. The Bertz CT molecular complexity index is 665. The van der Waals surface area contributed by atoms with E-state index in [4.69, 9.17) is 16.5 Å². The smallest absolute Gasteiger partial charge is 0.227 e. The predicted octanol–water partition coefficient (Wildman–Crippen LogP) is 0.188. The molecule has 1 aromatic rings. The molecule has 8 nitrogen and oxygen atoms in total. The second-order valence-corrected chi connectivity index (χ2v) is 7.05. The van der Waals surface area contributed by atoms with Gasteiger partial charge in [0.1, 0.15) is 5.82 Å². The number of carbonyl (C=O) groups excluding carboxylic acids is 2. The number of piperidine rings is 2. The first kappa shape index (κ1) is 17.4. The molecule has 2 amide bonds. The van der Waals surface area contributed by atoms with E-state index in [1.54, 1.807) is 6.20 Å². The topological polar surface area (TPSA) is 118 Å². The van der Waals surface area contributed by atoms with E-state index in [9.17, 15) is 9.59 Å². The van der Waals surface area contributed by atoms with Crippen molar-refractivity contribution in [3.05, 3.63) is 11.8 Å². The lowest BCUT2D eigenvalue weighted by atomic mass is 9.97. The number of aromatic nitrogens is 2. The van der Waals surface area contributed by atoms with Crippen molar-refractivity contribution < 1.29 is 9.59 Å². The average Bonchev–Trinajstić information content (AvgIpc) is 2.62. The molecule has 0 spiro atoms. The van der Waals surface area contributed by atoms with Gasteiger partial charge in [0.05, 0.1) is 11.8 Å².